The van der Waals surface area contributed by atoms with Crippen LogP contribution in [0.1, 0.15) is 36.3 Å². The van der Waals surface area contributed by atoms with Gasteiger partial charge < -0.3 is 5.32 Å². The molecule has 4 rings (SSSR count). The van der Waals surface area contributed by atoms with Gasteiger partial charge in [0, 0.05) is 28.5 Å². The number of aromatic nitrogens is 2. The first-order valence-electron chi connectivity index (χ1n) is 7.67. The molecule has 23 heavy (non-hydrogen) atoms. The summed E-state index contributed by atoms with van der Waals surface area (Å²) in [4.78, 5) is 26.0. The molecule has 0 bridgehead atoms. The molecular formula is C17H17N3O2S. The number of allylic oxidation sites excluding steroid dienone is 2. The van der Waals surface area contributed by atoms with Crippen LogP contribution in [0.2, 0.25) is 0 Å². The van der Waals surface area contributed by atoms with E-state index < -0.39 is 0 Å². The molecular weight excluding hydrogens is 310 g/mol. The third kappa shape index (κ3) is 2.25. The van der Waals surface area contributed by atoms with Crippen molar-refractivity contribution in [1.29, 1.82) is 0 Å². The molecule has 1 atom stereocenters. The number of rotatable bonds is 2. The van der Waals surface area contributed by atoms with Crippen molar-refractivity contribution in [3.63, 3.8) is 0 Å². The summed E-state index contributed by atoms with van der Waals surface area (Å²) in [7, 11) is 0. The molecule has 118 valence electrons. The highest BCUT2D eigenvalue weighted by molar-refractivity contribution is 7.98. The van der Waals surface area contributed by atoms with Crippen LogP contribution in [0, 0.1) is 0 Å². The number of thioether (sulfide) groups is 1. The van der Waals surface area contributed by atoms with Gasteiger partial charge in [0.05, 0.1) is 5.56 Å². The van der Waals surface area contributed by atoms with E-state index in [0.29, 0.717) is 17.8 Å². The van der Waals surface area contributed by atoms with Crippen molar-refractivity contribution >= 4 is 23.4 Å². The number of H-pyrrole nitrogens is 2. The Morgan fingerprint density at radius 1 is 1.09 bits per heavy atom. The van der Waals surface area contributed by atoms with E-state index in [1.54, 1.807) is 11.8 Å². The zero-order valence-corrected chi connectivity index (χ0v) is 13.5. The topological polar surface area (TPSA) is 77.8 Å². The molecule has 0 saturated heterocycles. The van der Waals surface area contributed by atoms with E-state index in [0.717, 1.165) is 34.6 Å². The summed E-state index contributed by atoms with van der Waals surface area (Å²) in [5, 5.41) is 8.78. The predicted octanol–water partition coefficient (Wildman–Crippen LogP) is 2.99. The number of ketones is 1. The molecule has 1 aliphatic carbocycles. The van der Waals surface area contributed by atoms with Gasteiger partial charge in [-0.15, -0.1) is 11.8 Å². The maximum atomic E-state index is 12.6. The number of carbonyl (C=O) groups is 1. The molecule has 1 aromatic heterocycles. The van der Waals surface area contributed by atoms with Gasteiger partial charge in [-0.25, -0.2) is 0 Å². The van der Waals surface area contributed by atoms with Gasteiger partial charge in [0.1, 0.15) is 5.82 Å². The van der Waals surface area contributed by atoms with Crippen LogP contribution in [0.15, 0.2) is 45.2 Å². The van der Waals surface area contributed by atoms with Gasteiger partial charge in [-0.2, -0.15) is 0 Å². The number of aromatic amines is 2. The standard InChI is InChI=1S/C17H17N3O2S/c1-23-10-7-5-9(6-8-10)13-14-11(3-2-4-12(14)21)18-16-15(13)17(22)20-19-16/h5-8,13H,2-4H2,1H3,(H3,18,19,20,22)/t13-/m0/s1. The zero-order valence-electron chi connectivity index (χ0n) is 12.7. The Hall–Kier alpha value is -2.21. The summed E-state index contributed by atoms with van der Waals surface area (Å²) in [6, 6.07) is 8.11. The number of fused-ring (bicyclic) bond motifs is 1. The summed E-state index contributed by atoms with van der Waals surface area (Å²) < 4.78 is 0. The van der Waals surface area contributed by atoms with Crippen molar-refractivity contribution in [2.45, 2.75) is 30.1 Å². The minimum atomic E-state index is -0.292. The predicted molar refractivity (Wildman–Crippen MR) is 91.0 cm³/mol. The molecule has 3 N–H and O–H groups in total. The van der Waals surface area contributed by atoms with Gasteiger partial charge in [-0.3, -0.25) is 19.8 Å². The highest BCUT2D eigenvalue weighted by Gasteiger charge is 2.37. The van der Waals surface area contributed by atoms with Gasteiger partial charge >= 0.3 is 0 Å². The molecule has 0 unspecified atom stereocenters. The first kappa shape index (κ1) is 14.4. The average molecular weight is 327 g/mol. The van der Waals surface area contributed by atoms with E-state index in [-0.39, 0.29) is 17.3 Å². The van der Waals surface area contributed by atoms with E-state index in [9.17, 15) is 9.59 Å². The molecule has 0 fully saturated rings. The maximum Gasteiger partial charge on any atom is 0.270 e. The number of hydrogen-bond donors (Lipinski definition) is 3. The molecule has 0 amide bonds. The minimum absolute atomic E-state index is 0.143. The Balaban J connectivity index is 1.92. The summed E-state index contributed by atoms with van der Waals surface area (Å²) in [6.45, 7) is 0. The summed E-state index contributed by atoms with van der Waals surface area (Å²) in [5.74, 6) is 0.534. The highest BCUT2D eigenvalue weighted by atomic mass is 32.2. The van der Waals surface area contributed by atoms with Crippen LogP contribution in [0.25, 0.3) is 0 Å². The second-order valence-corrected chi connectivity index (χ2v) is 6.75. The zero-order chi connectivity index (χ0) is 16.0. The van der Waals surface area contributed by atoms with Crippen molar-refractivity contribution in [3.05, 3.63) is 57.0 Å². The van der Waals surface area contributed by atoms with Gasteiger partial charge in [0.25, 0.3) is 5.56 Å². The Kier molecular flexibility index (Phi) is 3.41. The van der Waals surface area contributed by atoms with Crippen molar-refractivity contribution in [2.24, 2.45) is 0 Å². The van der Waals surface area contributed by atoms with Crippen molar-refractivity contribution < 1.29 is 4.79 Å². The lowest BCUT2D eigenvalue weighted by Gasteiger charge is -2.31. The second kappa shape index (κ2) is 5.45. The van der Waals surface area contributed by atoms with Crippen molar-refractivity contribution in [3.8, 4) is 0 Å². The van der Waals surface area contributed by atoms with Crippen LogP contribution < -0.4 is 10.9 Å². The molecule has 0 spiro atoms. The number of benzene rings is 1. The smallest absolute Gasteiger partial charge is 0.270 e. The SMILES string of the molecule is CSc1ccc([C@H]2C3=C(CCCC3=O)Nc3[nH][nH]c(=O)c32)cc1. The van der Waals surface area contributed by atoms with E-state index in [2.05, 4.69) is 15.5 Å². The second-order valence-electron chi connectivity index (χ2n) is 5.87. The fourth-order valence-electron chi connectivity index (χ4n) is 3.49. The van der Waals surface area contributed by atoms with E-state index in [4.69, 9.17) is 0 Å². The molecule has 1 aromatic carbocycles. The molecule has 0 radical (unpaired) electrons. The lowest BCUT2D eigenvalue weighted by Crippen LogP contribution is -2.29. The molecule has 6 heteroatoms. The van der Waals surface area contributed by atoms with Crippen LogP contribution in [0.5, 0.6) is 0 Å². The molecule has 0 saturated carbocycles. The summed E-state index contributed by atoms with van der Waals surface area (Å²) >= 11 is 1.67. The van der Waals surface area contributed by atoms with Crippen LogP contribution in [-0.4, -0.2) is 22.2 Å². The molecule has 1 aliphatic heterocycles. The number of hydrogen-bond acceptors (Lipinski definition) is 4. The van der Waals surface area contributed by atoms with Crippen LogP contribution in [-0.2, 0) is 4.79 Å². The molecule has 5 nitrogen and oxygen atoms in total. The summed E-state index contributed by atoms with van der Waals surface area (Å²) in [6.07, 6.45) is 4.28. The maximum absolute atomic E-state index is 12.6. The van der Waals surface area contributed by atoms with E-state index in [1.807, 2.05) is 30.5 Å². The fraction of sp³-hybridized carbons (Fsp3) is 0.294. The van der Waals surface area contributed by atoms with Gasteiger partial charge in [0.15, 0.2) is 5.78 Å². The number of nitrogens with one attached hydrogen (secondary N) is 3. The van der Waals surface area contributed by atoms with Gasteiger partial charge in [0.2, 0.25) is 0 Å². The Morgan fingerprint density at radius 3 is 2.61 bits per heavy atom. The first-order chi connectivity index (χ1) is 11.2. The largest absolute Gasteiger partial charge is 0.343 e. The third-order valence-electron chi connectivity index (χ3n) is 4.57. The number of Topliss-reactive ketones (excluding diaryl/α,β-unsaturated/α-hetero) is 1. The average Bonchev–Trinajstić information content (AvgIpc) is 2.94. The fourth-order valence-corrected chi connectivity index (χ4v) is 3.90. The Labute approximate surface area is 137 Å². The lowest BCUT2D eigenvalue weighted by molar-refractivity contribution is -0.116. The first-order valence-corrected chi connectivity index (χ1v) is 8.89. The van der Waals surface area contributed by atoms with Crippen LogP contribution in [0.4, 0.5) is 5.82 Å². The van der Waals surface area contributed by atoms with Crippen molar-refractivity contribution in [2.75, 3.05) is 11.6 Å². The quantitative estimate of drug-likeness (QED) is 0.741. The van der Waals surface area contributed by atoms with E-state index in [1.165, 1.54) is 0 Å². The lowest BCUT2D eigenvalue weighted by atomic mass is 9.77. The van der Waals surface area contributed by atoms with Gasteiger partial charge in [-0.1, -0.05) is 12.1 Å². The molecule has 2 heterocycles. The minimum Gasteiger partial charge on any atom is -0.343 e. The Morgan fingerprint density at radius 2 is 1.87 bits per heavy atom. The monoisotopic (exact) mass is 327 g/mol. The van der Waals surface area contributed by atoms with Crippen LogP contribution in [0.3, 0.4) is 0 Å². The molecule has 2 aliphatic rings. The summed E-state index contributed by atoms with van der Waals surface area (Å²) in [5.41, 5.74) is 3.12. The third-order valence-corrected chi connectivity index (χ3v) is 5.32. The van der Waals surface area contributed by atoms with Gasteiger partial charge in [-0.05, 0) is 36.8 Å². The van der Waals surface area contributed by atoms with Crippen molar-refractivity contribution in [1.82, 2.24) is 10.2 Å². The van der Waals surface area contributed by atoms with Crippen LogP contribution >= 0.6 is 11.8 Å². The Bertz CT molecular complexity index is 861. The number of carbonyl (C=O) groups excluding carboxylic acids is 1. The highest BCUT2D eigenvalue weighted by Crippen LogP contribution is 2.43. The number of anilines is 1. The molecule has 2 aromatic rings. The van der Waals surface area contributed by atoms with E-state index >= 15 is 0 Å². The normalized spacial score (nSPS) is 20.0.